The van der Waals surface area contributed by atoms with Gasteiger partial charge in [-0.25, -0.2) is 9.19 Å². The highest BCUT2D eigenvalue weighted by Gasteiger charge is 2.23. The summed E-state index contributed by atoms with van der Waals surface area (Å²) in [5, 5.41) is 0. The van der Waals surface area contributed by atoms with Crippen molar-refractivity contribution >= 4 is 33.4 Å². The molecule has 0 saturated heterocycles. The highest BCUT2D eigenvalue weighted by Crippen LogP contribution is 2.29. The minimum atomic E-state index is -1.37. The summed E-state index contributed by atoms with van der Waals surface area (Å²) in [7, 11) is 0.396. The second-order valence-electron chi connectivity index (χ2n) is 9.32. The molecule has 0 radical (unpaired) electrons. The minimum Gasteiger partial charge on any atom is -0.399 e. The zero-order chi connectivity index (χ0) is 23.3. The predicted molar refractivity (Wildman–Crippen MR) is 134 cm³/mol. The molecule has 1 heterocycles. The average Bonchev–Trinajstić information content (AvgIpc) is 3.12. The third kappa shape index (κ3) is 5.90. The van der Waals surface area contributed by atoms with E-state index in [9.17, 15) is 4.21 Å². The molecule has 3 aromatic rings. The molecular formula is C25H36N4O2S. The molecule has 0 aliphatic heterocycles. The van der Waals surface area contributed by atoms with E-state index in [0.29, 0.717) is 16.5 Å². The van der Waals surface area contributed by atoms with E-state index in [1.165, 1.54) is 0 Å². The monoisotopic (exact) mass is 456 g/mol. The fourth-order valence-corrected chi connectivity index (χ4v) is 4.74. The van der Waals surface area contributed by atoms with Crippen molar-refractivity contribution in [3.05, 3.63) is 48.3 Å². The Kier molecular flexibility index (Phi) is 7.96. The van der Waals surface area contributed by atoms with Crippen molar-refractivity contribution in [2.24, 2.45) is 5.92 Å². The molecule has 0 amide bonds. The van der Waals surface area contributed by atoms with Crippen molar-refractivity contribution in [3.63, 3.8) is 0 Å². The van der Waals surface area contributed by atoms with Gasteiger partial charge in [-0.15, -0.1) is 0 Å². The average molecular weight is 457 g/mol. The van der Waals surface area contributed by atoms with E-state index >= 15 is 0 Å². The smallest absolute Gasteiger partial charge is 0.150 e. The van der Waals surface area contributed by atoms with E-state index in [-0.39, 0.29) is 5.41 Å². The summed E-state index contributed by atoms with van der Waals surface area (Å²) in [6, 6.07) is 13.1. The number of hydrogen-bond acceptors (Lipinski definition) is 4. The molecule has 32 heavy (non-hydrogen) atoms. The molecule has 0 spiro atoms. The molecule has 3 N–H and O–H groups in total. The number of fused-ring (bicyclic) bond motifs is 1. The van der Waals surface area contributed by atoms with Crippen LogP contribution in [0.3, 0.4) is 0 Å². The highest BCUT2D eigenvalue weighted by atomic mass is 32.2. The maximum Gasteiger partial charge on any atom is 0.150 e. The maximum atomic E-state index is 12.7. The van der Waals surface area contributed by atoms with Crippen LogP contribution in [0.25, 0.3) is 11.0 Å². The van der Waals surface area contributed by atoms with E-state index in [1.807, 2.05) is 12.1 Å². The van der Waals surface area contributed by atoms with Crippen molar-refractivity contribution < 1.29 is 8.95 Å². The molecule has 2 atom stereocenters. The highest BCUT2D eigenvalue weighted by molar-refractivity contribution is 7.86. The number of hydrogen-bond donors (Lipinski definition) is 2. The second-order valence-corrected chi connectivity index (χ2v) is 10.5. The first-order valence-electron chi connectivity index (χ1n) is 11.3. The van der Waals surface area contributed by atoms with E-state index < -0.39 is 11.0 Å². The lowest BCUT2D eigenvalue weighted by atomic mass is 9.95. The largest absolute Gasteiger partial charge is 0.399 e. The quantitative estimate of drug-likeness (QED) is 0.395. The SMILES string of the molecule is CCC(CCOC)CCn1c(C(C)(C)C)nc2cc(NS(=O)c3ccc(N)cc3)ccc21. The van der Waals surface area contributed by atoms with Gasteiger partial charge in [0.25, 0.3) is 0 Å². The lowest BCUT2D eigenvalue weighted by Gasteiger charge is -2.22. The Morgan fingerprint density at radius 3 is 2.50 bits per heavy atom. The number of nitrogens with zero attached hydrogens (tertiary/aromatic N) is 2. The van der Waals surface area contributed by atoms with Gasteiger partial charge in [-0.3, -0.25) is 0 Å². The maximum absolute atomic E-state index is 12.7. The van der Waals surface area contributed by atoms with Crippen LogP contribution in [0.5, 0.6) is 0 Å². The molecule has 7 heteroatoms. The predicted octanol–water partition coefficient (Wildman–Crippen LogP) is 5.50. The Morgan fingerprint density at radius 1 is 1.16 bits per heavy atom. The fraction of sp³-hybridized carbons (Fsp3) is 0.480. The van der Waals surface area contributed by atoms with Gasteiger partial charge >= 0.3 is 0 Å². The van der Waals surface area contributed by atoms with Gasteiger partial charge in [0.05, 0.1) is 15.9 Å². The van der Waals surface area contributed by atoms with Gasteiger partial charge < -0.3 is 19.8 Å². The van der Waals surface area contributed by atoms with Crippen LogP contribution < -0.4 is 10.5 Å². The van der Waals surface area contributed by atoms with Crippen LogP contribution in [0.1, 0.15) is 52.8 Å². The Labute approximate surface area is 194 Å². The van der Waals surface area contributed by atoms with Crippen LogP contribution in [-0.2, 0) is 27.7 Å². The Balaban J connectivity index is 1.86. The number of aromatic nitrogens is 2. The summed E-state index contributed by atoms with van der Waals surface area (Å²) in [5.74, 6) is 1.70. The number of ether oxygens (including phenoxy) is 1. The first-order valence-corrected chi connectivity index (χ1v) is 12.4. The van der Waals surface area contributed by atoms with Crippen molar-refractivity contribution in [1.29, 1.82) is 0 Å². The zero-order valence-electron chi connectivity index (χ0n) is 19.9. The number of nitrogens with two attached hydrogens (primary N) is 1. The minimum absolute atomic E-state index is 0.0758. The third-order valence-electron chi connectivity index (χ3n) is 5.79. The van der Waals surface area contributed by atoms with Gasteiger partial charge in [-0.05, 0) is 61.2 Å². The van der Waals surface area contributed by atoms with Crippen LogP contribution in [0.4, 0.5) is 11.4 Å². The molecular weight excluding hydrogens is 420 g/mol. The van der Waals surface area contributed by atoms with Gasteiger partial charge in [-0.1, -0.05) is 34.1 Å². The van der Waals surface area contributed by atoms with E-state index in [2.05, 4.69) is 43.1 Å². The molecule has 3 rings (SSSR count). The van der Waals surface area contributed by atoms with Crippen molar-refractivity contribution in [3.8, 4) is 0 Å². The molecule has 0 saturated carbocycles. The summed E-state index contributed by atoms with van der Waals surface area (Å²) < 4.78 is 23.4. The summed E-state index contributed by atoms with van der Waals surface area (Å²) in [6.45, 7) is 10.6. The number of methoxy groups -OCH3 is 1. The van der Waals surface area contributed by atoms with Crippen molar-refractivity contribution in [2.75, 3.05) is 24.2 Å². The van der Waals surface area contributed by atoms with Crippen LogP contribution >= 0.6 is 0 Å². The molecule has 0 fully saturated rings. The lowest BCUT2D eigenvalue weighted by molar-refractivity contribution is 0.172. The number of rotatable bonds is 10. The summed E-state index contributed by atoms with van der Waals surface area (Å²) >= 11 is 0. The molecule has 0 bridgehead atoms. The second kappa shape index (κ2) is 10.5. The molecule has 0 aliphatic carbocycles. The van der Waals surface area contributed by atoms with E-state index in [0.717, 1.165) is 55.0 Å². The van der Waals surface area contributed by atoms with Crippen LogP contribution in [0, 0.1) is 5.92 Å². The first kappa shape index (κ1) is 24.3. The molecule has 2 unspecified atom stereocenters. The number of imidazole rings is 1. The number of anilines is 2. The van der Waals surface area contributed by atoms with E-state index in [4.69, 9.17) is 15.5 Å². The van der Waals surface area contributed by atoms with Gasteiger partial charge in [0, 0.05) is 37.1 Å². The number of nitrogens with one attached hydrogen (secondary N) is 1. The summed E-state index contributed by atoms with van der Waals surface area (Å²) in [5.41, 5.74) is 9.12. The normalized spacial score (nSPS) is 13.9. The van der Waals surface area contributed by atoms with E-state index in [1.54, 1.807) is 31.4 Å². The van der Waals surface area contributed by atoms with Gasteiger partial charge in [0.15, 0.2) is 0 Å². The van der Waals surface area contributed by atoms with Gasteiger partial charge in [0.1, 0.15) is 16.8 Å². The van der Waals surface area contributed by atoms with Gasteiger partial charge in [-0.2, -0.15) is 0 Å². The number of aryl methyl sites for hydroxylation is 1. The standard InChI is InChI=1S/C25H36N4O2S/c1-6-18(14-16-31-5)13-15-29-23-12-9-20(17-22(23)27-24(29)25(2,3)4)28-32(30)21-10-7-19(26)8-11-21/h7-12,17-18,28H,6,13-16,26H2,1-5H3. The number of nitrogen functional groups attached to an aromatic ring is 1. The van der Waals surface area contributed by atoms with Gasteiger partial charge in [0.2, 0.25) is 0 Å². The third-order valence-corrected chi connectivity index (χ3v) is 6.91. The fourth-order valence-electron chi connectivity index (χ4n) is 3.90. The first-order chi connectivity index (χ1) is 15.2. The molecule has 1 aromatic heterocycles. The Bertz CT molecular complexity index is 1050. The summed E-state index contributed by atoms with van der Waals surface area (Å²) in [4.78, 5) is 5.67. The Morgan fingerprint density at radius 2 is 1.88 bits per heavy atom. The van der Waals surface area contributed by atoms with Crippen molar-refractivity contribution in [2.45, 2.75) is 63.8 Å². The molecule has 6 nitrogen and oxygen atoms in total. The topological polar surface area (TPSA) is 82.2 Å². The molecule has 2 aromatic carbocycles. The summed E-state index contributed by atoms with van der Waals surface area (Å²) in [6.07, 6.45) is 3.32. The molecule has 174 valence electrons. The van der Waals surface area contributed by atoms with Crippen LogP contribution in [-0.4, -0.2) is 27.5 Å². The molecule has 0 aliphatic rings. The van der Waals surface area contributed by atoms with Crippen LogP contribution in [0.15, 0.2) is 47.4 Å². The number of benzene rings is 2. The lowest BCUT2D eigenvalue weighted by Crippen LogP contribution is -2.20. The van der Waals surface area contributed by atoms with Crippen molar-refractivity contribution in [1.82, 2.24) is 9.55 Å². The Hall–Kier alpha value is -2.38. The van der Waals surface area contributed by atoms with Crippen LogP contribution in [0.2, 0.25) is 0 Å². The zero-order valence-corrected chi connectivity index (χ0v) is 20.7.